The minimum Gasteiger partial charge on any atom is -0.872 e. The SMILES string of the molecule is O=C(O)c1cc2ccccc2c(Cc2c([O-])c(C(=O)O)cc3ccccc23)c1[O-].O=C([O-])c1ccccc1C(=O)[O-]. The van der Waals surface area contributed by atoms with Crippen LogP contribution in [0.25, 0.3) is 21.5 Å². The molecule has 0 aliphatic rings. The van der Waals surface area contributed by atoms with E-state index in [1.165, 1.54) is 24.3 Å². The van der Waals surface area contributed by atoms with Gasteiger partial charge in [0.1, 0.15) is 0 Å². The maximum atomic E-state index is 12.9. The molecule has 41 heavy (non-hydrogen) atoms. The number of carboxylic acid groups (broad SMARTS) is 4. The van der Waals surface area contributed by atoms with Crippen LogP contribution in [0.5, 0.6) is 11.5 Å². The number of carboxylic acids is 4. The molecule has 5 rings (SSSR count). The molecule has 5 aromatic rings. The number of hydrogen-bond donors (Lipinski definition) is 2. The van der Waals surface area contributed by atoms with E-state index in [4.69, 9.17) is 0 Å². The zero-order valence-electron chi connectivity index (χ0n) is 21.0. The van der Waals surface area contributed by atoms with Crippen LogP contribution in [-0.4, -0.2) is 34.1 Å². The Kier molecular flexibility index (Phi) is 7.86. The summed E-state index contributed by atoms with van der Waals surface area (Å²) >= 11 is 0. The smallest absolute Gasteiger partial charge is 0.335 e. The van der Waals surface area contributed by atoms with Gasteiger partial charge in [-0.2, -0.15) is 0 Å². The summed E-state index contributed by atoms with van der Waals surface area (Å²) in [6.45, 7) is 0. The Morgan fingerprint density at radius 3 is 1.22 bits per heavy atom. The normalized spacial score (nSPS) is 10.5. The lowest BCUT2D eigenvalue weighted by molar-refractivity contribution is -0.270. The molecule has 206 valence electrons. The second-order valence-electron chi connectivity index (χ2n) is 8.81. The molecule has 0 radical (unpaired) electrons. The van der Waals surface area contributed by atoms with Crippen LogP contribution in [0.3, 0.4) is 0 Å². The number of fused-ring (bicyclic) bond motifs is 2. The fraction of sp³-hybridized carbons (Fsp3) is 0.0323. The van der Waals surface area contributed by atoms with Crippen molar-refractivity contribution in [1.82, 2.24) is 0 Å². The lowest BCUT2D eigenvalue weighted by atomic mass is 9.90. The molecule has 5 aromatic carbocycles. The van der Waals surface area contributed by atoms with Gasteiger partial charge in [-0.3, -0.25) is 0 Å². The minimum atomic E-state index is -1.52. The van der Waals surface area contributed by atoms with Crippen LogP contribution in [-0.2, 0) is 6.42 Å². The molecule has 10 nitrogen and oxygen atoms in total. The summed E-state index contributed by atoms with van der Waals surface area (Å²) in [6.07, 6.45) is -0.166. The van der Waals surface area contributed by atoms with Crippen molar-refractivity contribution < 1.29 is 49.8 Å². The highest BCUT2D eigenvalue weighted by Crippen LogP contribution is 2.36. The maximum absolute atomic E-state index is 12.9. The van der Waals surface area contributed by atoms with E-state index < -0.39 is 35.4 Å². The van der Waals surface area contributed by atoms with E-state index in [-0.39, 0.29) is 39.8 Å². The van der Waals surface area contributed by atoms with Crippen LogP contribution < -0.4 is 20.4 Å². The van der Waals surface area contributed by atoms with Crippen LogP contribution in [0.15, 0.2) is 84.9 Å². The first-order valence-electron chi connectivity index (χ1n) is 11.9. The summed E-state index contributed by atoms with van der Waals surface area (Å²) in [6, 6.07) is 21.4. The zero-order chi connectivity index (χ0) is 29.8. The topological polar surface area (TPSA) is 201 Å². The molecule has 2 N–H and O–H groups in total. The molecular formula is C31H18O10-4. The number of carbonyl (C=O) groups is 4. The molecule has 0 unspecified atom stereocenters. The van der Waals surface area contributed by atoms with Crippen molar-refractivity contribution in [2.24, 2.45) is 0 Å². The Morgan fingerprint density at radius 1 is 0.537 bits per heavy atom. The van der Waals surface area contributed by atoms with Gasteiger partial charge in [0.05, 0.1) is 23.1 Å². The van der Waals surface area contributed by atoms with Gasteiger partial charge in [0.15, 0.2) is 0 Å². The third kappa shape index (κ3) is 5.62. The summed E-state index contributed by atoms with van der Waals surface area (Å²) in [4.78, 5) is 43.8. The van der Waals surface area contributed by atoms with Gasteiger partial charge in [0, 0.05) is 11.1 Å². The Labute approximate surface area is 231 Å². The van der Waals surface area contributed by atoms with Gasteiger partial charge in [-0.1, -0.05) is 84.3 Å². The molecule has 10 heteroatoms. The molecule has 0 aromatic heterocycles. The van der Waals surface area contributed by atoms with Gasteiger partial charge in [-0.05, 0) is 51.2 Å². The first-order chi connectivity index (χ1) is 19.5. The molecule has 0 heterocycles. The van der Waals surface area contributed by atoms with Gasteiger partial charge in [0.2, 0.25) is 0 Å². The minimum absolute atomic E-state index is 0.158. The molecule has 0 saturated heterocycles. The monoisotopic (exact) mass is 550 g/mol. The van der Waals surface area contributed by atoms with Crippen molar-refractivity contribution in [2.75, 3.05) is 0 Å². The van der Waals surface area contributed by atoms with Crippen LogP contribution in [0.1, 0.15) is 52.6 Å². The molecule has 0 aliphatic carbocycles. The third-order valence-corrected chi connectivity index (χ3v) is 6.39. The van der Waals surface area contributed by atoms with Crippen molar-refractivity contribution in [3.8, 4) is 11.5 Å². The number of benzene rings is 5. The number of carbonyl (C=O) groups excluding carboxylic acids is 2. The lowest BCUT2D eigenvalue weighted by Crippen LogP contribution is -2.29. The molecule has 0 fully saturated rings. The van der Waals surface area contributed by atoms with E-state index in [9.17, 15) is 49.8 Å². The Bertz CT molecular complexity index is 1720. The molecule has 0 spiro atoms. The highest BCUT2D eigenvalue weighted by Gasteiger charge is 2.16. The summed E-state index contributed by atoms with van der Waals surface area (Å²) in [5.74, 6) is -7.10. The van der Waals surface area contributed by atoms with Gasteiger partial charge in [0.25, 0.3) is 0 Å². The van der Waals surface area contributed by atoms with E-state index in [0.717, 1.165) is 12.1 Å². The highest BCUT2D eigenvalue weighted by molar-refractivity contribution is 6.02. The molecule has 0 amide bonds. The fourth-order valence-electron chi connectivity index (χ4n) is 4.49. The van der Waals surface area contributed by atoms with Crippen LogP contribution in [0.2, 0.25) is 0 Å². The second-order valence-corrected chi connectivity index (χ2v) is 8.81. The zero-order valence-corrected chi connectivity index (χ0v) is 21.0. The van der Waals surface area contributed by atoms with Crippen molar-refractivity contribution in [3.63, 3.8) is 0 Å². The predicted octanol–water partition coefficient (Wildman–Crippen LogP) is 1.54. The lowest BCUT2D eigenvalue weighted by Gasteiger charge is -2.24. The maximum Gasteiger partial charge on any atom is 0.335 e. The molecule has 0 saturated carbocycles. The summed E-state index contributed by atoms with van der Waals surface area (Å²) in [7, 11) is 0. The van der Waals surface area contributed by atoms with Crippen molar-refractivity contribution in [2.45, 2.75) is 6.42 Å². The van der Waals surface area contributed by atoms with Crippen LogP contribution in [0.4, 0.5) is 0 Å². The quantitative estimate of drug-likeness (QED) is 0.312. The fourth-order valence-corrected chi connectivity index (χ4v) is 4.49. The molecule has 0 bridgehead atoms. The summed E-state index contributed by atoms with van der Waals surface area (Å²) < 4.78 is 0. The molecule has 0 aliphatic heterocycles. The number of aromatic carboxylic acids is 4. The van der Waals surface area contributed by atoms with E-state index >= 15 is 0 Å². The van der Waals surface area contributed by atoms with Crippen LogP contribution >= 0.6 is 0 Å². The number of hydrogen-bond acceptors (Lipinski definition) is 8. The Balaban J connectivity index is 0.000000271. The van der Waals surface area contributed by atoms with Crippen LogP contribution in [0, 0.1) is 0 Å². The van der Waals surface area contributed by atoms with E-state index in [1.54, 1.807) is 48.5 Å². The van der Waals surface area contributed by atoms with E-state index in [0.29, 0.717) is 21.5 Å². The predicted molar refractivity (Wildman–Crippen MR) is 139 cm³/mol. The molecular weight excluding hydrogens is 532 g/mol. The average Bonchev–Trinajstić information content (AvgIpc) is 2.95. The summed E-state index contributed by atoms with van der Waals surface area (Å²) in [5.41, 5.74) is -1.18. The Morgan fingerprint density at radius 2 is 0.878 bits per heavy atom. The largest absolute Gasteiger partial charge is 0.872 e. The third-order valence-electron chi connectivity index (χ3n) is 6.39. The van der Waals surface area contributed by atoms with Crippen molar-refractivity contribution in [1.29, 1.82) is 0 Å². The van der Waals surface area contributed by atoms with Crippen molar-refractivity contribution >= 4 is 45.4 Å². The Hall–Kier alpha value is -5.90. The first-order valence-corrected chi connectivity index (χ1v) is 11.9. The van der Waals surface area contributed by atoms with Gasteiger partial charge in [-0.15, -0.1) is 0 Å². The average molecular weight is 550 g/mol. The standard InChI is InChI=1S/C23H16O6.C8H6O4/c24-20-16(14-7-3-1-5-12(14)9-18(20)22(26)27)11-17-15-8-4-2-6-13(15)10-19(21(17)25)23(28)29;9-7(10)5-3-1-2-4-6(5)8(11)12/h1-10,24-25H,11H2,(H,26,27)(H,28,29);1-4H,(H,9,10)(H,11,12)/p-4. The summed E-state index contributed by atoms with van der Waals surface area (Å²) in [5, 5.41) is 67.5. The van der Waals surface area contributed by atoms with Gasteiger partial charge < -0.3 is 40.2 Å². The highest BCUT2D eigenvalue weighted by atomic mass is 16.4. The molecule has 0 atom stereocenters. The second kappa shape index (κ2) is 11.5. The first kappa shape index (κ1) is 28.1. The van der Waals surface area contributed by atoms with Gasteiger partial charge >= 0.3 is 11.9 Å². The van der Waals surface area contributed by atoms with E-state index in [1.807, 2.05) is 0 Å². The van der Waals surface area contributed by atoms with Gasteiger partial charge in [-0.25, -0.2) is 9.59 Å². The van der Waals surface area contributed by atoms with Crippen molar-refractivity contribution in [3.05, 3.63) is 118 Å². The van der Waals surface area contributed by atoms with E-state index in [2.05, 4.69) is 0 Å². The number of rotatable bonds is 6.